The SMILES string of the molecule is Cc1noc(CNC2CCc3cc(Br)ccc3C2)n1. The lowest BCUT2D eigenvalue weighted by Gasteiger charge is -2.25. The fourth-order valence-electron chi connectivity index (χ4n) is 2.54. The largest absolute Gasteiger partial charge is 0.338 e. The third kappa shape index (κ3) is 3.04. The summed E-state index contributed by atoms with van der Waals surface area (Å²) in [6.45, 7) is 2.49. The molecule has 1 aromatic heterocycles. The first-order valence-electron chi connectivity index (χ1n) is 6.50. The van der Waals surface area contributed by atoms with Crippen LogP contribution >= 0.6 is 15.9 Å². The lowest BCUT2D eigenvalue weighted by molar-refractivity contribution is 0.347. The Balaban J connectivity index is 1.61. The maximum Gasteiger partial charge on any atom is 0.240 e. The van der Waals surface area contributed by atoms with Gasteiger partial charge in [0, 0.05) is 10.5 Å². The summed E-state index contributed by atoms with van der Waals surface area (Å²) in [5, 5.41) is 7.29. The molecule has 2 aromatic rings. The zero-order valence-electron chi connectivity index (χ0n) is 10.8. The lowest BCUT2D eigenvalue weighted by Crippen LogP contribution is -2.34. The van der Waals surface area contributed by atoms with E-state index in [0.717, 1.165) is 19.3 Å². The van der Waals surface area contributed by atoms with Crippen molar-refractivity contribution in [1.29, 1.82) is 0 Å². The van der Waals surface area contributed by atoms with Crippen LogP contribution < -0.4 is 5.32 Å². The molecule has 0 spiro atoms. The summed E-state index contributed by atoms with van der Waals surface area (Å²) in [5.74, 6) is 1.36. The highest BCUT2D eigenvalue weighted by atomic mass is 79.9. The zero-order chi connectivity index (χ0) is 13.2. The molecule has 5 heteroatoms. The van der Waals surface area contributed by atoms with Gasteiger partial charge < -0.3 is 9.84 Å². The first-order valence-corrected chi connectivity index (χ1v) is 7.30. The summed E-state index contributed by atoms with van der Waals surface area (Å²) in [4.78, 5) is 4.20. The molecule has 0 fully saturated rings. The molecule has 1 aromatic carbocycles. The van der Waals surface area contributed by atoms with Crippen LogP contribution in [0, 0.1) is 6.92 Å². The summed E-state index contributed by atoms with van der Waals surface area (Å²) in [7, 11) is 0. The van der Waals surface area contributed by atoms with Crippen molar-refractivity contribution < 1.29 is 4.52 Å². The quantitative estimate of drug-likeness (QED) is 0.944. The molecule has 1 unspecified atom stereocenters. The molecule has 1 heterocycles. The molecule has 1 aliphatic carbocycles. The Hall–Kier alpha value is -1.20. The van der Waals surface area contributed by atoms with E-state index in [9.17, 15) is 0 Å². The molecule has 100 valence electrons. The second kappa shape index (κ2) is 5.43. The number of aromatic nitrogens is 2. The second-order valence-electron chi connectivity index (χ2n) is 4.97. The van der Waals surface area contributed by atoms with Crippen LogP contribution in [-0.2, 0) is 19.4 Å². The van der Waals surface area contributed by atoms with Crippen molar-refractivity contribution in [3.8, 4) is 0 Å². The summed E-state index contributed by atoms with van der Waals surface area (Å²) in [6, 6.07) is 7.04. The molecule has 19 heavy (non-hydrogen) atoms. The minimum atomic E-state index is 0.487. The van der Waals surface area contributed by atoms with E-state index >= 15 is 0 Å². The monoisotopic (exact) mass is 321 g/mol. The average molecular weight is 322 g/mol. The van der Waals surface area contributed by atoms with Gasteiger partial charge in [0.05, 0.1) is 6.54 Å². The van der Waals surface area contributed by atoms with Crippen LogP contribution in [0.4, 0.5) is 0 Å². The summed E-state index contributed by atoms with van der Waals surface area (Å²) in [6.07, 6.45) is 3.33. The van der Waals surface area contributed by atoms with Crippen LogP contribution in [0.2, 0.25) is 0 Å². The van der Waals surface area contributed by atoms with Gasteiger partial charge in [0.15, 0.2) is 5.82 Å². The summed E-state index contributed by atoms with van der Waals surface area (Å²) >= 11 is 3.53. The highest BCUT2D eigenvalue weighted by molar-refractivity contribution is 9.10. The van der Waals surface area contributed by atoms with Crippen molar-refractivity contribution in [1.82, 2.24) is 15.5 Å². The van der Waals surface area contributed by atoms with Gasteiger partial charge in [0.2, 0.25) is 5.89 Å². The van der Waals surface area contributed by atoms with Crippen LogP contribution in [0.15, 0.2) is 27.2 Å². The van der Waals surface area contributed by atoms with Gasteiger partial charge in [-0.3, -0.25) is 0 Å². The van der Waals surface area contributed by atoms with E-state index in [4.69, 9.17) is 4.52 Å². The van der Waals surface area contributed by atoms with Crippen molar-refractivity contribution in [2.75, 3.05) is 0 Å². The third-order valence-electron chi connectivity index (χ3n) is 3.51. The average Bonchev–Trinajstić information content (AvgIpc) is 2.82. The van der Waals surface area contributed by atoms with E-state index in [1.54, 1.807) is 0 Å². The number of fused-ring (bicyclic) bond motifs is 1. The van der Waals surface area contributed by atoms with Gasteiger partial charge in [-0.2, -0.15) is 4.98 Å². The maximum atomic E-state index is 5.11. The predicted octanol–water partition coefficient (Wildman–Crippen LogP) is 2.79. The highest BCUT2D eigenvalue weighted by Gasteiger charge is 2.18. The highest BCUT2D eigenvalue weighted by Crippen LogP contribution is 2.24. The molecule has 0 saturated carbocycles. The van der Waals surface area contributed by atoms with Gasteiger partial charge in [-0.25, -0.2) is 0 Å². The van der Waals surface area contributed by atoms with Gasteiger partial charge in [-0.1, -0.05) is 27.2 Å². The van der Waals surface area contributed by atoms with Crippen molar-refractivity contribution in [2.45, 2.75) is 38.8 Å². The van der Waals surface area contributed by atoms with Crippen LogP contribution in [0.3, 0.4) is 0 Å². The van der Waals surface area contributed by atoms with E-state index in [-0.39, 0.29) is 0 Å². The number of nitrogens with zero attached hydrogens (tertiary/aromatic N) is 2. The lowest BCUT2D eigenvalue weighted by atomic mass is 9.88. The molecule has 1 atom stereocenters. The molecule has 0 bridgehead atoms. The molecular weight excluding hydrogens is 306 g/mol. The maximum absolute atomic E-state index is 5.11. The van der Waals surface area contributed by atoms with Crippen molar-refractivity contribution in [3.05, 3.63) is 45.5 Å². The van der Waals surface area contributed by atoms with E-state index < -0.39 is 0 Å². The molecule has 0 radical (unpaired) electrons. The van der Waals surface area contributed by atoms with E-state index in [2.05, 4.69) is 49.6 Å². The normalized spacial score (nSPS) is 18.3. The molecule has 0 amide bonds. The van der Waals surface area contributed by atoms with E-state index in [1.165, 1.54) is 15.6 Å². The molecule has 1 aliphatic rings. The molecular formula is C14H16BrN3O. The minimum absolute atomic E-state index is 0.487. The van der Waals surface area contributed by atoms with E-state index in [1.807, 2.05) is 6.92 Å². The van der Waals surface area contributed by atoms with E-state index in [0.29, 0.717) is 24.3 Å². The first kappa shape index (κ1) is 12.8. The number of halogens is 1. The van der Waals surface area contributed by atoms with Crippen molar-refractivity contribution >= 4 is 15.9 Å². The first-order chi connectivity index (χ1) is 9.20. The fraction of sp³-hybridized carbons (Fsp3) is 0.429. The molecule has 4 nitrogen and oxygen atoms in total. The molecule has 3 rings (SSSR count). The Morgan fingerprint density at radius 1 is 1.42 bits per heavy atom. The Bertz CT molecular complexity index is 582. The Kier molecular flexibility index (Phi) is 3.66. The fourth-order valence-corrected chi connectivity index (χ4v) is 2.95. The molecule has 1 N–H and O–H groups in total. The van der Waals surface area contributed by atoms with Crippen LogP contribution in [-0.4, -0.2) is 16.2 Å². The topological polar surface area (TPSA) is 51.0 Å². The Morgan fingerprint density at radius 2 is 2.32 bits per heavy atom. The second-order valence-corrected chi connectivity index (χ2v) is 5.88. The van der Waals surface area contributed by atoms with Gasteiger partial charge in [0.1, 0.15) is 0 Å². The number of rotatable bonds is 3. The zero-order valence-corrected chi connectivity index (χ0v) is 12.4. The number of nitrogens with one attached hydrogen (secondary N) is 1. The smallest absolute Gasteiger partial charge is 0.240 e. The van der Waals surface area contributed by atoms with Crippen molar-refractivity contribution in [3.63, 3.8) is 0 Å². The Labute approximate surface area is 120 Å². The summed E-state index contributed by atoms with van der Waals surface area (Å²) in [5.41, 5.74) is 2.90. The van der Waals surface area contributed by atoms with Crippen molar-refractivity contribution in [2.24, 2.45) is 0 Å². The number of hydrogen-bond acceptors (Lipinski definition) is 4. The van der Waals surface area contributed by atoms with Crippen LogP contribution in [0.1, 0.15) is 29.3 Å². The number of hydrogen-bond donors (Lipinski definition) is 1. The molecule has 0 saturated heterocycles. The predicted molar refractivity (Wildman–Crippen MR) is 75.8 cm³/mol. The van der Waals surface area contributed by atoms with Gasteiger partial charge >= 0.3 is 0 Å². The minimum Gasteiger partial charge on any atom is -0.338 e. The standard InChI is InChI=1S/C14H16BrN3O/c1-9-17-14(19-18-9)8-16-13-5-3-10-6-12(15)4-2-11(10)7-13/h2,4,6,13,16H,3,5,7-8H2,1H3. The van der Waals surface area contributed by atoms with Gasteiger partial charge in [-0.15, -0.1) is 0 Å². The summed E-state index contributed by atoms with van der Waals surface area (Å²) < 4.78 is 6.28. The number of aryl methyl sites for hydroxylation is 2. The Morgan fingerprint density at radius 3 is 3.11 bits per heavy atom. The number of benzene rings is 1. The van der Waals surface area contributed by atoms with Gasteiger partial charge in [0.25, 0.3) is 0 Å². The third-order valence-corrected chi connectivity index (χ3v) is 4.00. The van der Waals surface area contributed by atoms with Crippen LogP contribution in [0.5, 0.6) is 0 Å². The van der Waals surface area contributed by atoms with Crippen LogP contribution in [0.25, 0.3) is 0 Å². The molecule has 0 aliphatic heterocycles. The van der Waals surface area contributed by atoms with Gasteiger partial charge in [-0.05, 0) is 49.4 Å².